The Balaban J connectivity index is 2.11. The first-order valence-corrected chi connectivity index (χ1v) is 8.57. The van der Waals surface area contributed by atoms with Gasteiger partial charge < -0.3 is 9.64 Å². The van der Waals surface area contributed by atoms with Crippen LogP contribution in [0.2, 0.25) is 0 Å². The van der Waals surface area contributed by atoms with E-state index in [0.717, 1.165) is 11.1 Å². The third-order valence-corrected chi connectivity index (χ3v) is 3.97. The van der Waals surface area contributed by atoms with Crippen molar-refractivity contribution in [3.63, 3.8) is 0 Å². The molecule has 0 heterocycles. The number of aryl methyl sites for hydroxylation is 1. The molecule has 2 rings (SSSR count). The first-order valence-electron chi connectivity index (χ1n) is 8.57. The van der Waals surface area contributed by atoms with E-state index in [1.807, 2.05) is 68.4 Å². The molecule has 0 aliphatic heterocycles. The highest BCUT2D eigenvalue weighted by Gasteiger charge is 2.24. The Bertz CT molecular complexity index is 705. The second-order valence-corrected chi connectivity index (χ2v) is 5.98. The number of carbonyl (C=O) groups excluding carboxylic acids is 1. The van der Waals surface area contributed by atoms with Crippen molar-refractivity contribution < 1.29 is 9.53 Å². The van der Waals surface area contributed by atoms with E-state index in [0.29, 0.717) is 31.7 Å². The minimum atomic E-state index is -0.551. The van der Waals surface area contributed by atoms with Gasteiger partial charge in [-0.1, -0.05) is 55.0 Å². The fourth-order valence-electron chi connectivity index (χ4n) is 2.55. The number of ether oxygens (including phenoxy) is 1. The largest absolute Gasteiger partial charge is 0.481 e. The summed E-state index contributed by atoms with van der Waals surface area (Å²) in [4.78, 5) is 14.7. The van der Waals surface area contributed by atoms with Gasteiger partial charge in [-0.25, -0.2) is 0 Å². The molecule has 1 amide bonds. The van der Waals surface area contributed by atoms with Gasteiger partial charge in [-0.15, -0.1) is 0 Å². The van der Waals surface area contributed by atoms with Crippen molar-refractivity contribution in [2.45, 2.75) is 39.3 Å². The van der Waals surface area contributed by atoms with Gasteiger partial charge in [0.2, 0.25) is 0 Å². The number of benzene rings is 2. The van der Waals surface area contributed by atoms with Crippen molar-refractivity contribution in [2.75, 3.05) is 6.54 Å². The zero-order valence-corrected chi connectivity index (χ0v) is 14.8. The van der Waals surface area contributed by atoms with Crippen LogP contribution in [0.5, 0.6) is 5.75 Å². The summed E-state index contributed by atoms with van der Waals surface area (Å²) in [6.45, 7) is 4.82. The summed E-state index contributed by atoms with van der Waals surface area (Å²) in [6.07, 6.45) is 0.328. The summed E-state index contributed by atoms with van der Waals surface area (Å²) in [5.74, 6) is 0.605. The third kappa shape index (κ3) is 5.65. The lowest BCUT2D eigenvalue weighted by molar-refractivity contribution is -0.139. The summed E-state index contributed by atoms with van der Waals surface area (Å²) < 4.78 is 5.90. The van der Waals surface area contributed by atoms with Crippen molar-refractivity contribution in [2.24, 2.45) is 0 Å². The lowest BCUT2D eigenvalue weighted by Crippen LogP contribution is -2.41. The second kappa shape index (κ2) is 9.48. The molecule has 0 aliphatic carbocycles. The molecule has 2 aromatic carbocycles. The molecule has 0 bridgehead atoms. The van der Waals surface area contributed by atoms with Crippen molar-refractivity contribution in [1.29, 1.82) is 5.26 Å². The molecule has 0 radical (unpaired) electrons. The van der Waals surface area contributed by atoms with Gasteiger partial charge in [0.1, 0.15) is 5.75 Å². The van der Waals surface area contributed by atoms with Gasteiger partial charge >= 0.3 is 0 Å². The Morgan fingerprint density at radius 1 is 1.16 bits per heavy atom. The zero-order valence-electron chi connectivity index (χ0n) is 14.8. The molecule has 0 saturated heterocycles. The van der Waals surface area contributed by atoms with Gasteiger partial charge in [0, 0.05) is 13.1 Å². The number of rotatable bonds is 8. The Hall–Kier alpha value is -2.80. The lowest BCUT2D eigenvalue weighted by Gasteiger charge is -2.27. The Morgan fingerprint density at radius 3 is 2.44 bits per heavy atom. The standard InChI is InChI=1S/C21H24N2O2/c1-3-20(25-19-12-10-17(2)11-13-19)21(24)23(15-7-14-22)16-18-8-5-4-6-9-18/h4-6,8-13,20H,3,7,15-16H2,1-2H3. The maximum absolute atomic E-state index is 12.9. The fourth-order valence-corrected chi connectivity index (χ4v) is 2.55. The average molecular weight is 336 g/mol. The average Bonchev–Trinajstić information content (AvgIpc) is 2.65. The summed E-state index contributed by atoms with van der Waals surface area (Å²) in [5, 5.41) is 8.90. The second-order valence-electron chi connectivity index (χ2n) is 5.98. The van der Waals surface area contributed by atoms with Gasteiger partial charge in [0.25, 0.3) is 5.91 Å². The predicted molar refractivity (Wildman–Crippen MR) is 98.0 cm³/mol. The molecule has 4 nitrogen and oxygen atoms in total. The topological polar surface area (TPSA) is 53.3 Å². The van der Waals surface area contributed by atoms with E-state index < -0.39 is 6.10 Å². The van der Waals surface area contributed by atoms with Crippen LogP contribution >= 0.6 is 0 Å². The number of hydrogen-bond acceptors (Lipinski definition) is 3. The summed E-state index contributed by atoms with van der Waals surface area (Å²) in [6, 6.07) is 19.6. The Kier molecular flexibility index (Phi) is 7.03. The molecular weight excluding hydrogens is 312 g/mol. The highest BCUT2D eigenvalue weighted by molar-refractivity contribution is 5.81. The maximum Gasteiger partial charge on any atom is 0.263 e. The SMILES string of the molecule is CCC(Oc1ccc(C)cc1)C(=O)N(CCC#N)Cc1ccccc1. The van der Waals surface area contributed by atoms with Crippen LogP contribution < -0.4 is 4.74 Å². The van der Waals surface area contributed by atoms with E-state index in [-0.39, 0.29) is 5.91 Å². The number of nitriles is 1. The molecule has 2 aromatic rings. The first-order chi connectivity index (χ1) is 12.1. The van der Waals surface area contributed by atoms with Crippen LogP contribution in [0, 0.1) is 18.3 Å². The van der Waals surface area contributed by atoms with Crippen LogP contribution in [-0.2, 0) is 11.3 Å². The third-order valence-electron chi connectivity index (χ3n) is 3.97. The molecule has 25 heavy (non-hydrogen) atoms. The maximum atomic E-state index is 12.9. The quantitative estimate of drug-likeness (QED) is 0.729. The molecule has 0 aliphatic rings. The molecular formula is C21H24N2O2. The van der Waals surface area contributed by atoms with Crippen molar-refractivity contribution >= 4 is 5.91 Å². The highest BCUT2D eigenvalue weighted by Crippen LogP contribution is 2.17. The molecule has 1 unspecified atom stereocenters. The van der Waals surface area contributed by atoms with Crippen LogP contribution in [-0.4, -0.2) is 23.5 Å². The molecule has 1 atom stereocenters. The van der Waals surface area contributed by atoms with Crippen LogP contribution in [0.1, 0.15) is 30.9 Å². The van der Waals surface area contributed by atoms with E-state index in [9.17, 15) is 4.79 Å². The fraction of sp³-hybridized carbons (Fsp3) is 0.333. The van der Waals surface area contributed by atoms with E-state index >= 15 is 0 Å². The minimum Gasteiger partial charge on any atom is -0.481 e. The van der Waals surface area contributed by atoms with Crippen LogP contribution in [0.3, 0.4) is 0 Å². The van der Waals surface area contributed by atoms with Crippen molar-refractivity contribution in [3.8, 4) is 11.8 Å². The van der Waals surface area contributed by atoms with E-state index in [1.165, 1.54) is 0 Å². The van der Waals surface area contributed by atoms with E-state index in [1.54, 1.807) is 4.90 Å². The minimum absolute atomic E-state index is 0.0813. The monoisotopic (exact) mass is 336 g/mol. The van der Waals surface area contributed by atoms with Gasteiger partial charge in [0.15, 0.2) is 6.10 Å². The van der Waals surface area contributed by atoms with Crippen molar-refractivity contribution in [3.05, 3.63) is 65.7 Å². The number of amides is 1. The highest BCUT2D eigenvalue weighted by atomic mass is 16.5. The van der Waals surface area contributed by atoms with Crippen LogP contribution in [0.25, 0.3) is 0 Å². The number of nitrogens with zero attached hydrogens (tertiary/aromatic N) is 2. The summed E-state index contributed by atoms with van der Waals surface area (Å²) in [7, 11) is 0. The number of hydrogen-bond donors (Lipinski definition) is 0. The van der Waals surface area contributed by atoms with E-state index in [4.69, 9.17) is 10.00 Å². The zero-order chi connectivity index (χ0) is 18.1. The molecule has 0 aromatic heterocycles. The van der Waals surface area contributed by atoms with Gasteiger partial charge in [0.05, 0.1) is 12.5 Å². The van der Waals surface area contributed by atoms with Crippen molar-refractivity contribution in [1.82, 2.24) is 4.90 Å². The Morgan fingerprint density at radius 2 is 1.84 bits per heavy atom. The van der Waals surface area contributed by atoms with Crippen LogP contribution in [0.4, 0.5) is 0 Å². The molecule has 4 heteroatoms. The summed E-state index contributed by atoms with van der Waals surface area (Å²) in [5.41, 5.74) is 2.19. The molecule has 0 spiro atoms. The lowest BCUT2D eigenvalue weighted by atomic mass is 10.1. The molecule has 0 fully saturated rings. The van der Waals surface area contributed by atoms with Crippen LogP contribution in [0.15, 0.2) is 54.6 Å². The predicted octanol–water partition coefficient (Wildman–Crippen LogP) is 4.09. The summed E-state index contributed by atoms with van der Waals surface area (Å²) >= 11 is 0. The molecule has 0 saturated carbocycles. The van der Waals surface area contributed by atoms with Gasteiger partial charge in [-0.2, -0.15) is 5.26 Å². The molecule has 0 N–H and O–H groups in total. The van der Waals surface area contributed by atoms with Gasteiger partial charge in [-0.05, 0) is 31.0 Å². The van der Waals surface area contributed by atoms with Gasteiger partial charge in [-0.3, -0.25) is 4.79 Å². The normalized spacial score (nSPS) is 11.4. The number of carbonyl (C=O) groups is 1. The first kappa shape index (κ1) is 18.5. The molecule has 130 valence electrons. The van der Waals surface area contributed by atoms with E-state index in [2.05, 4.69) is 6.07 Å². The smallest absolute Gasteiger partial charge is 0.263 e. The Labute approximate surface area is 149 Å².